The molecule has 204 valence electrons. The molecule has 4 aromatic heterocycles. The van der Waals surface area contributed by atoms with Gasteiger partial charge in [-0.2, -0.15) is 5.26 Å². The van der Waals surface area contributed by atoms with E-state index in [-0.39, 0.29) is 5.82 Å². The lowest BCUT2D eigenvalue weighted by Crippen LogP contribution is -2.38. The van der Waals surface area contributed by atoms with Crippen molar-refractivity contribution in [1.82, 2.24) is 34.4 Å². The summed E-state index contributed by atoms with van der Waals surface area (Å²) in [5.74, 6) is 2.01. The molecule has 1 aliphatic rings. The number of aromatic nitrogens is 6. The number of hydrogen-bond acceptors (Lipinski definition) is 9. The number of benzene rings is 1. The Bertz CT molecular complexity index is 1760. The first-order valence-electron chi connectivity index (χ1n) is 13.6. The van der Waals surface area contributed by atoms with Gasteiger partial charge in [-0.3, -0.25) is 9.47 Å². The van der Waals surface area contributed by atoms with E-state index >= 15 is 0 Å². The van der Waals surface area contributed by atoms with Crippen LogP contribution in [-0.2, 0) is 6.54 Å². The number of fused-ring (bicyclic) bond motifs is 1. The third kappa shape index (κ3) is 5.48. The number of nitrogens with two attached hydrogens (primary N) is 1. The van der Waals surface area contributed by atoms with Crippen LogP contribution in [0.5, 0.6) is 0 Å². The molecule has 0 unspecified atom stereocenters. The number of rotatable bonds is 7. The number of anilines is 2. The van der Waals surface area contributed by atoms with Crippen molar-refractivity contribution in [2.45, 2.75) is 32.4 Å². The van der Waals surface area contributed by atoms with E-state index in [1.807, 2.05) is 41.8 Å². The van der Waals surface area contributed by atoms with Crippen LogP contribution in [0.3, 0.4) is 0 Å². The Morgan fingerprint density at radius 2 is 1.83 bits per heavy atom. The zero-order valence-corrected chi connectivity index (χ0v) is 22.8. The first-order chi connectivity index (χ1) is 20.0. The van der Waals surface area contributed by atoms with Crippen LogP contribution in [-0.4, -0.2) is 53.5 Å². The molecule has 10 nitrogen and oxygen atoms in total. The lowest BCUT2D eigenvalue weighted by atomic mass is 10.0. The summed E-state index contributed by atoms with van der Waals surface area (Å²) in [6, 6.07) is 20.4. The summed E-state index contributed by atoms with van der Waals surface area (Å²) in [6.45, 7) is 8.82. The predicted molar refractivity (Wildman–Crippen MR) is 160 cm³/mol. The third-order valence-electron chi connectivity index (χ3n) is 7.32. The predicted octanol–water partition coefficient (Wildman–Crippen LogP) is 4.84. The van der Waals surface area contributed by atoms with Crippen molar-refractivity contribution < 1.29 is 0 Å². The van der Waals surface area contributed by atoms with Gasteiger partial charge in [0.1, 0.15) is 23.2 Å². The molecule has 0 spiro atoms. The smallest absolute Gasteiger partial charge is 0.234 e. The molecule has 0 atom stereocenters. The van der Waals surface area contributed by atoms with Crippen LogP contribution >= 0.6 is 0 Å². The molecular weight excluding hydrogens is 512 g/mol. The van der Waals surface area contributed by atoms with Gasteiger partial charge in [-0.05, 0) is 73.4 Å². The first kappa shape index (κ1) is 26.1. The van der Waals surface area contributed by atoms with Gasteiger partial charge in [0.2, 0.25) is 5.82 Å². The van der Waals surface area contributed by atoms with Crippen molar-refractivity contribution in [2.75, 3.05) is 24.1 Å². The number of imidazole rings is 1. The van der Waals surface area contributed by atoms with Gasteiger partial charge in [0, 0.05) is 43.8 Å². The molecule has 0 amide bonds. The van der Waals surface area contributed by atoms with Gasteiger partial charge >= 0.3 is 0 Å². The number of likely N-dealkylation sites (tertiary alicyclic amines) is 1. The number of pyridine rings is 2. The Labute approximate surface area is 238 Å². The fourth-order valence-electron chi connectivity index (χ4n) is 5.17. The van der Waals surface area contributed by atoms with E-state index in [0.29, 0.717) is 23.5 Å². The Morgan fingerprint density at radius 3 is 2.56 bits per heavy atom. The molecule has 6 rings (SSSR count). The van der Waals surface area contributed by atoms with Gasteiger partial charge in [0.15, 0.2) is 11.5 Å². The van der Waals surface area contributed by atoms with E-state index in [1.165, 1.54) is 5.56 Å². The second-order valence-corrected chi connectivity index (χ2v) is 10.3. The minimum atomic E-state index is 0.183. The van der Waals surface area contributed by atoms with Gasteiger partial charge in [-0.25, -0.2) is 24.9 Å². The van der Waals surface area contributed by atoms with Crippen molar-refractivity contribution >= 4 is 28.4 Å². The summed E-state index contributed by atoms with van der Waals surface area (Å²) in [7, 11) is 0. The number of nitrogen functional groups attached to an aromatic ring is 1. The maximum atomic E-state index is 9.04. The number of allylic oxidation sites excluding steroid dienone is 1. The average molecular weight is 543 g/mol. The molecule has 1 saturated heterocycles. The normalized spacial score (nSPS) is 14.1. The molecule has 0 aliphatic carbocycles. The molecule has 1 aliphatic heterocycles. The number of nitrogens with zero attached hydrogens (tertiary/aromatic N) is 8. The van der Waals surface area contributed by atoms with Crippen molar-refractivity contribution in [2.24, 2.45) is 0 Å². The summed E-state index contributed by atoms with van der Waals surface area (Å²) in [6.07, 6.45) is 5.29. The molecule has 1 aromatic carbocycles. The zero-order chi connectivity index (χ0) is 28.3. The lowest BCUT2D eigenvalue weighted by molar-refractivity contribution is 0.211. The molecule has 5 aromatic rings. The monoisotopic (exact) mass is 542 g/mol. The summed E-state index contributed by atoms with van der Waals surface area (Å²) < 4.78 is 2.04. The maximum absolute atomic E-state index is 9.04. The number of nitrogens with one attached hydrogen (secondary N) is 1. The molecular formula is C31H30N10. The molecule has 0 saturated carbocycles. The van der Waals surface area contributed by atoms with Crippen LogP contribution in [0.15, 0.2) is 73.6 Å². The van der Waals surface area contributed by atoms with Gasteiger partial charge < -0.3 is 11.1 Å². The quantitative estimate of drug-likeness (QED) is 0.296. The summed E-state index contributed by atoms with van der Waals surface area (Å²) in [5, 5.41) is 12.5. The van der Waals surface area contributed by atoms with Crippen LogP contribution in [0, 0.1) is 11.3 Å². The van der Waals surface area contributed by atoms with Crippen molar-refractivity contribution in [3.63, 3.8) is 0 Å². The van der Waals surface area contributed by atoms with Crippen molar-refractivity contribution in [3.8, 4) is 23.1 Å². The SMILES string of the molecule is C=C(C)c1ccc2nc(-c3cccnc3N)n(-c3ccc(CN4CCC(Nc5ccnc(C#N)n5)CC4)cc3)c2n1. The van der Waals surface area contributed by atoms with Crippen molar-refractivity contribution in [3.05, 3.63) is 90.7 Å². The highest BCUT2D eigenvalue weighted by molar-refractivity contribution is 5.84. The largest absolute Gasteiger partial charge is 0.383 e. The average Bonchev–Trinajstić information content (AvgIpc) is 3.37. The highest BCUT2D eigenvalue weighted by atomic mass is 15.2. The minimum absolute atomic E-state index is 0.183. The number of hydrogen-bond donors (Lipinski definition) is 2. The number of piperidine rings is 1. The Balaban J connectivity index is 1.21. The van der Waals surface area contributed by atoms with Crippen LogP contribution in [0.4, 0.5) is 11.6 Å². The highest BCUT2D eigenvalue weighted by Gasteiger charge is 2.21. The second kappa shape index (κ2) is 11.2. The molecule has 41 heavy (non-hydrogen) atoms. The van der Waals surface area contributed by atoms with Gasteiger partial charge in [0.05, 0.1) is 11.3 Å². The second-order valence-electron chi connectivity index (χ2n) is 10.3. The molecule has 3 N–H and O–H groups in total. The molecule has 10 heteroatoms. The van der Waals surface area contributed by atoms with Gasteiger partial charge in [-0.15, -0.1) is 0 Å². The minimum Gasteiger partial charge on any atom is -0.383 e. The maximum Gasteiger partial charge on any atom is 0.234 e. The molecule has 0 bridgehead atoms. The van der Waals surface area contributed by atoms with Crippen molar-refractivity contribution in [1.29, 1.82) is 5.26 Å². The topological polar surface area (TPSA) is 134 Å². The van der Waals surface area contributed by atoms with E-state index < -0.39 is 0 Å². The first-order valence-corrected chi connectivity index (χ1v) is 13.6. The van der Waals surface area contributed by atoms with E-state index in [0.717, 1.165) is 66.2 Å². The summed E-state index contributed by atoms with van der Waals surface area (Å²) in [4.78, 5) is 24.7. The van der Waals surface area contributed by atoms with Gasteiger partial charge in [-0.1, -0.05) is 18.7 Å². The van der Waals surface area contributed by atoms with E-state index in [4.69, 9.17) is 21.0 Å². The highest BCUT2D eigenvalue weighted by Crippen LogP contribution is 2.31. The molecule has 1 fully saturated rings. The Hall–Kier alpha value is -5.14. The molecule has 5 heterocycles. The molecule has 0 radical (unpaired) electrons. The van der Waals surface area contributed by atoms with E-state index in [2.05, 4.69) is 56.0 Å². The number of nitriles is 1. The van der Waals surface area contributed by atoms with E-state index in [1.54, 1.807) is 18.5 Å². The Morgan fingerprint density at radius 1 is 1.02 bits per heavy atom. The van der Waals surface area contributed by atoms with E-state index in [9.17, 15) is 0 Å². The lowest BCUT2D eigenvalue weighted by Gasteiger charge is -2.32. The van der Waals surface area contributed by atoms with Crippen LogP contribution in [0.25, 0.3) is 33.8 Å². The summed E-state index contributed by atoms with van der Waals surface area (Å²) >= 11 is 0. The fourth-order valence-corrected chi connectivity index (χ4v) is 5.17. The third-order valence-corrected chi connectivity index (χ3v) is 7.32. The fraction of sp³-hybridized carbons (Fsp3) is 0.226. The summed E-state index contributed by atoms with van der Waals surface area (Å²) in [5.41, 5.74) is 12.4. The van der Waals surface area contributed by atoms with Crippen LogP contribution < -0.4 is 11.1 Å². The Kier molecular flexibility index (Phi) is 7.10. The zero-order valence-electron chi connectivity index (χ0n) is 22.8. The standard InChI is InChI=1S/C31H30N10/c1-20(2)25-9-10-26-31(37-25)41(30(38-26)24-4-3-14-35-29(24)33)23-7-5-21(6-8-23)19-40-16-12-22(13-17-40)36-27-11-15-34-28(18-32)39-27/h3-11,14-15,22H,1,12-13,16-17,19H2,2H3,(H2,33,35)(H,34,36,39). The van der Waals surface area contributed by atoms with Gasteiger partial charge in [0.25, 0.3) is 0 Å². The van der Waals surface area contributed by atoms with Crippen LogP contribution in [0.2, 0.25) is 0 Å². The van der Waals surface area contributed by atoms with Crippen LogP contribution in [0.1, 0.15) is 36.8 Å².